The highest BCUT2D eigenvalue weighted by molar-refractivity contribution is 6.42. The number of likely N-dealkylation sites (N-methyl/N-ethyl adjacent to an activating group) is 2. The van der Waals surface area contributed by atoms with E-state index in [1.54, 1.807) is 22.9 Å². The molecule has 9 nitrogen and oxygen atoms in total. The van der Waals surface area contributed by atoms with Crippen molar-refractivity contribution in [3.05, 3.63) is 45.7 Å². The van der Waals surface area contributed by atoms with Gasteiger partial charge in [-0.3, -0.25) is 14.5 Å². The van der Waals surface area contributed by atoms with E-state index in [-0.39, 0.29) is 23.4 Å². The number of carbonyl (C=O) groups excluding carboxylic acids is 2. The second kappa shape index (κ2) is 12.8. The van der Waals surface area contributed by atoms with Crippen molar-refractivity contribution in [1.29, 1.82) is 0 Å². The summed E-state index contributed by atoms with van der Waals surface area (Å²) in [7, 11) is 5.49. The Bertz CT molecular complexity index is 1080. The van der Waals surface area contributed by atoms with Crippen LogP contribution in [0.1, 0.15) is 60.5 Å². The second-order valence-electron chi connectivity index (χ2n) is 10.8. The van der Waals surface area contributed by atoms with E-state index in [0.29, 0.717) is 16.6 Å². The molecule has 0 saturated carbocycles. The summed E-state index contributed by atoms with van der Waals surface area (Å²) in [6, 6.07) is 5.66. The first-order valence-corrected chi connectivity index (χ1v) is 14.1. The minimum Gasteiger partial charge on any atom is -0.347 e. The number of nitrogens with zero attached hydrogens (tertiary/aromatic N) is 6. The summed E-state index contributed by atoms with van der Waals surface area (Å²) in [6.45, 7) is 5.06. The van der Waals surface area contributed by atoms with E-state index in [1.165, 1.54) is 12.6 Å². The topological polar surface area (TPSA) is 86.0 Å². The van der Waals surface area contributed by atoms with Gasteiger partial charge in [0.1, 0.15) is 11.7 Å². The Kier molecular flexibility index (Phi) is 9.68. The zero-order valence-electron chi connectivity index (χ0n) is 22.5. The molecule has 38 heavy (non-hydrogen) atoms. The molecule has 2 aliphatic heterocycles. The van der Waals surface area contributed by atoms with Gasteiger partial charge in [0.25, 0.3) is 5.91 Å². The number of piperidine rings is 2. The van der Waals surface area contributed by atoms with Crippen molar-refractivity contribution in [3.63, 3.8) is 0 Å². The van der Waals surface area contributed by atoms with E-state index < -0.39 is 5.54 Å². The fraction of sp³-hybridized carbons (Fsp3) is 0.630. The Hall–Kier alpha value is -2.20. The van der Waals surface area contributed by atoms with Crippen molar-refractivity contribution in [3.8, 4) is 0 Å². The van der Waals surface area contributed by atoms with Gasteiger partial charge in [-0.1, -0.05) is 40.8 Å². The summed E-state index contributed by atoms with van der Waals surface area (Å²) in [5.74, 6) is 0.0220. The zero-order chi connectivity index (χ0) is 27.3. The number of carbonyl (C=O) groups is 2. The predicted molar refractivity (Wildman–Crippen MR) is 148 cm³/mol. The van der Waals surface area contributed by atoms with Crippen LogP contribution in [0.25, 0.3) is 0 Å². The molecule has 0 bridgehead atoms. The SMILES string of the molecule is CN(C)C(=O)C1(N2CCCCC2)CCN(CCC(CN(C)C(=O)c2cnon2)c2ccc(Cl)c(Cl)c2)CC1. The molecule has 2 fully saturated rings. The number of rotatable bonds is 9. The van der Waals surface area contributed by atoms with Gasteiger partial charge < -0.3 is 14.7 Å². The van der Waals surface area contributed by atoms with Gasteiger partial charge >= 0.3 is 0 Å². The highest BCUT2D eigenvalue weighted by atomic mass is 35.5. The summed E-state index contributed by atoms with van der Waals surface area (Å²) in [6.07, 6.45) is 7.38. The van der Waals surface area contributed by atoms with Crippen LogP contribution in [0.2, 0.25) is 10.0 Å². The standard InChI is InChI=1S/C27H38Cl2N6O3/c1-32(2)26(37)27(35-12-5-4-6-13-35)10-15-34(16-11-27)14-9-21(20-7-8-22(28)23(29)17-20)19-33(3)25(36)24-18-30-38-31-24/h7-8,17-18,21H,4-6,9-16,19H2,1-3H3. The second-order valence-corrected chi connectivity index (χ2v) is 11.6. The van der Waals surface area contributed by atoms with Gasteiger partial charge in [-0.2, -0.15) is 0 Å². The highest BCUT2D eigenvalue weighted by Crippen LogP contribution is 2.34. The van der Waals surface area contributed by atoms with Gasteiger partial charge in [-0.15, -0.1) is 0 Å². The first kappa shape index (κ1) is 28.8. The molecule has 3 heterocycles. The Balaban J connectivity index is 1.44. The minimum absolute atomic E-state index is 0.0377. The number of likely N-dealkylation sites (tertiary alicyclic amines) is 2. The average Bonchev–Trinajstić information content (AvgIpc) is 3.47. The molecule has 1 aromatic heterocycles. The molecule has 2 amide bonds. The highest BCUT2D eigenvalue weighted by Gasteiger charge is 2.47. The predicted octanol–water partition coefficient (Wildman–Crippen LogP) is 4.03. The average molecular weight is 566 g/mol. The minimum atomic E-state index is -0.401. The number of benzene rings is 1. The first-order valence-electron chi connectivity index (χ1n) is 13.4. The molecule has 11 heteroatoms. The molecule has 1 aromatic carbocycles. The summed E-state index contributed by atoms with van der Waals surface area (Å²) in [4.78, 5) is 34.5. The van der Waals surface area contributed by atoms with Crippen molar-refractivity contribution in [2.24, 2.45) is 0 Å². The van der Waals surface area contributed by atoms with E-state index in [9.17, 15) is 9.59 Å². The van der Waals surface area contributed by atoms with Crippen molar-refractivity contribution in [2.45, 2.75) is 50.0 Å². The van der Waals surface area contributed by atoms with Gasteiger partial charge in [-0.25, -0.2) is 4.63 Å². The number of hydrogen-bond donors (Lipinski definition) is 0. The molecule has 1 unspecified atom stereocenters. The van der Waals surface area contributed by atoms with E-state index in [2.05, 4.69) is 24.7 Å². The third-order valence-corrected chi connectivity index (χ3v) is 8.82. The van der Waals surface area contributed by atoms with Gasteiger partial charge in [0.05, 0.1) is 10.0 Å². The number of amides is 2. The summed E-state index contributed by atoms with van der Waals surface area (Å²) in [5.41, 5.74) is 0.803. The smallest absolute Gasteiger partial charge is 0.277 e. The lowest BCUT2D eigenvalue weighted by Crippen LogP contribution is -2.64. The van der Waals surface area contributed by atoms with Crippen LogP contribution in [-0.2, 0) is 4.79 Å². The lowest BCUT2D eigenvalue weighted by Gasteiger charge is -2.50. The van der Waals surface area contributed by atoms with Crippen LogP contribution >= 0.6 is 23.2 Å². The van der Waals surface area contributed by atoms with Crippen molar-refractivity contribution in [2.75, 3.05) is 60.4 Å². The maximum absolute atomic E-state index is 13.4. The molecule has 0 spiro atoms. The van der Waals surface area contributed by atoms with Gasteiger partial charge in [0, 0.05) is 46.7 Å². The molecular formula is C27H38Cl2N6O3. The fourth-order valence-electron chi connectivity index (χ4n) is 5.89. The summed E-state index contributed by atoms with van der Waals surface area (Å²) < 4.78 is 4.61. The Labute approximate surface area is 235 Å². The van der Waals surface area contributed by atoms with Crippen LogP contribution in [0.3, 0.4) is 0 Å². The third kappa shape index (κ3) is 6.50. The van der Waals surface area contributed by atoms with Gasteiger partial charge in [0.2, 0.25) is 5.91 Å². The van der Waals surface area contributed by atoms with Crippen LogP contribution in [0.15, 0.2) is 29.0 Å². The van der Waals surface area contributed by atoms with E-state index >= 15 is 0 Å². The quantitative estimate of drug-likeness (QED) is 0.454. The molecule has 2 aromatic rings. The molecule has 2 saturated heterocycles. The van der Waals surface area contributed by atoms with Crippen LogP contribution < -0.4 is 0 Å². The number of halogens is 2. The molecule has 208 valence electrons. The lowest BCUT2D eigenvalue weighted by molar-refractivity contribution is -0.147. The summed E-state index contributed by atoms with van der Waals surface area (Å²) in [5, 5.41) is 8.23. The fourth-order valence-corrected chi connectivity index (χ4v) is 6.19. The largest absolute Gasteiger partial charge is 0.347 e. The maximum atomic E-state index is 13.4. The monoisotopic (exact) mass is 564 g/mol. The van der Waals surface area contributed by atoms with Crippen LogP contribution in [-0.4, -0.2) is 108 Å². The van der Waals surface area contributed by atoms with E-state index in [4.69, 9.17) is 23.2 Å². The lowest BCUT2D eigenvalue weighted by atomic mass is 9.82. The normalized spacial score (nSPS) is 19.2. The number of aromatic nitrogens is 2. The van der Waals surface area contributed by atoms with Gasteiger partial charge in [-0.05, 0) is 74.6 Å². The molecule has 4 rings (SSSR count). The van der Waals surface area contributed by atoms with Gasteiger partial charge in [0.15, 0.2) is 5.69 Å². The van der Waals surface area contributed by atoms with Crippen LogP contribution in [0.4, 0.5) is 0 Å². The van der Waals surface area contributed by atoms with Crippen molar-refractivity contribution >= 4 is 35.0 Å². The van der Waals surface area contributed by atoms with E-state index in [0.717, 1.165) is 70.4 Å². The van der Waals surface area contributed by atoms with Crippen LogP contribution in [0.5, 0.6) is 0 Å². The van der Waals surface area contributed by atoms with Crippen molar-refractivity contribution in [1.82, 2.24) is 29.9 Å². The molecule has 2 aliphatic rings. The first-order chi connectivity index (χ1) is 18.2. The van der Waals surface area contributed by atoms with Crippen LogP contribution in [0, 0.1) is 0 Å². The maximum Gasteiger partial charge on any atom is 0.277 e. The van der Waals surface area contributed by atoms with Crippen molar-refractivity contribution < 1.29 is 14.2 Å². The Morgan fingerprint density at radius 1 is 1.05 bits per heavy atom. The molecular weight excluding hydrogens is 527 g/mol. The molecule has 0 N–H and O–H groups in total. The third-order valence-electron chi connectivity index (χ3n) is 8.08. The summed E-state index contributed by atoms with van der Waals surface area (Å²) >= 11 is 12.5. The Morgan fingerprint density at radius 2 is 1.76 bits per heavy atom. The zero-order valence-corrected chi connectivity index (χ0v) is 24.0. The Morgan fingerprint density at radius 3 is 2.37 bits per heavy atom. The molecule has 1 atom stereocenters. The van der Waals surface area contributed by atoms with E-state index in [1.807, 2.05) is 26.2 Å². The molecule has 0 aliphatic carbocycles. The molecule has 0 radical (unpaired) electrons. The number of hydrogen-bond acceptors (Lipinski definition) is 7.